The van der Waals surface area contributed by atoms with Crippen LogP contribution < -0.4 is 4.74 Å². The number of nitrogens with zero attached hydrogens (tertiary/aromatic N) is 4. The highest BCUT2D eigenvalue weighted by Crippen LogP contribution is 2.35. The van der Waals surface area contributed by atoms with Gasteiger partial charge in [-0.2, -0.15) is 0 Å². The van der Waals surface area contributed by atoms with E-state index in [1.807, 2.05) is 0 Å². The maximum Gasteiger partial charge on any atom is 0.257 e. The Kier molecular flexibility index (Phi) is 4.86. The normalized spacial score (nSPS) is 20.7. The highest BCUT2D eigenvalue weighted by molar-refractivity contribution is 5.98. The van der Waals surface area contributed by atoms with Gasteiger partial charge >= 0.3 is 0 Å². The van der Waals surface area contributed by atoms with E-state index in [-0.39, 0.29) is 23.6 Å². The van der Waals surface area contributed by atoms with Gasteiger partial charge in [0, 0.05) is 56.3 Å². The van der Waals surface area contributed by atoms with Gasteiger partial charge in [0.05, 0.1) is 11.6 Å². The largest absolute Gasteiger partial charge is 0.486 e. The van der Waals surface area contributed by atoms with Crippen molar-refractivity contribution in [2.24, 2.45) is 0 Å². The molecule has 6 nitrogen and oxygen atoms in total. The van der Waals surface area contributed by atoms with Crippen LogP contribution in [-0.4, -0.2) is 58.0 Å². The molecule has 2 aliphatic heterocycles. The predicted molar refractivity (Wildman–Crippen MR) is 109 cm³/mol. The quantitative estimate of drug-likeness (QED) is 0.649. The number of ether oxygens (including phenoxy) is 1. The summed E-state index contributed by atoms with van der Waals surface area (Å²) in [6.07, 6.45) is 4.81. The summed E-state index contributed by atoms with van der Waals surface area (Å²) in [6, 6.07) is 8.29. The molecule has 0 saturated carbocycles. The summed E-state index contributed by atoms with van der Waals surface area (Å²) in [5.74, 6) is -1.03. The van der Waals surface area contributed by atoms with Gasteiger partial charge in [-0.1, -0.05) is 6.07 Å². The van der Waals surface area contributed by atoms with E-state index in [4.69, 9.17) is 4.74 Å². The van der Waals surface area contributed by atoms with E-state index in [2.05, 4.69) is 14.9 Å². The zero-order chi connectivity index (χ0) is 21.5. The van der Waals surface area contributed by atoms with Crippen LogP contribution in [0.3, 0.4) is 0 Å². The van der Waals surface area contributed by atoms with Gasteiger partial charge in [-0.3, -0.25) is 9.69 Å². The van der Waals surface area contributed by atoms with Gasteiger partial charge in [-0.15, -0.1) is 0 Å². The number of amides is 1. The molecule has 1 amide bonds. The highest BCUT2D eigenvalue weighted by Gasteiger charge is 2.42. The number of rotatable bonds is 3. The summed E-state index contributed by atoms with van der Waals surface area (Å²) in [6.45, 7) is 1.95. The number of likely N-dealkylation sites (N-methyl/N-ethyl adjacent to an activating group) is 1. The Labute approximate surface area is 178 Å². The summed E-state index contributed by atoms with van der Waals surface area (Å²) in [5.41, 5.74) is 2.21. The van der Waals surface area contributed by atoms with E-state index >= 15 is 0 Å². The topological polar surface area (TPSA) is 58.6 Å². The van der Waals surface area contributed by atoms with Crippen molar-refractivity contribution in [3.63, 3.8) is 0 Å². The first kappa shape index (κ1) is 19.6. The number of aromatic nitrogens is 2. The molecule has 31 heavy (non-hydrogen) atoms. The van der Waals surface area contributed by atoms with Crippen molar-refractivity contribution in [3.8, 4) is 16.9 Å². The number of hydrogen-bond donors (Lipinski definition) is 0. The van der Waals surface area contributed by atoms with Crippen LogP contribution in [0.25, 0.3) is 11.1 Å². The summed E-state index contributed by atoms with van der Waals surface area (Å²) in [5, 5.41) is 0. The van der Waals surface area contributed by atoms with Crippen LogP contribution in [0.15, 0.2) is 55.1 Å². The van der Waals surface area contributed by atoms with Crippen molar-refractivity contribution in [1.29, 1.82) is 0 Å². The smallest absolute Gasteiger partial charge is 0.257 e. The molecular formula is C23H20F2N4O2. The average molecular weight is 422 g/mol. The molecule has 0 N–H and O–H groups in total. The van der Waals surface area contributed by atoms with Crippen LogP contribution in [0.2, 0.25) is 0 Å². The lowest BCUT2D eigenvalue weighted by molar-refractivity contribution is 0.0682. The minimum absolute atomic E-state index is 0.115. The Morgan fingerprint density at radius 1 is 1.06 bits per heavy atom. The molecular weight excluding hydrogens is 402 g/mol. The lowest BCUT2D eigenvalue weighted by Gasteiger charge is -2.25. The highest BCUT2D eigenvalue weighted by atomic mass is 19.1. The van der Waals surface area contributed by atoms with Crippen LogP contribution in [0, 0.1) is 11.6 Å². The molecule has 2 aromatic carbocycles. The van der Waals surface area contributed by atoms with Gasteiger partial charge in [0.15, 0.2) is 0 Å². The number of hydrogen-bond acceptors (Lipinski definition) is 5. The molecule has 158 valence electrons. The first-order valence-electron chi connectivity index (χ1n) is 9.99. The number of carbonyl (C=O) groups excluding carboxylic acids is 1. The zero-order valence-electron chi connectivity index (χ0n) is 16.8. The van der Waals surface area contributed by atoms with Gasteiger partial charge in [0.1, 0.15) is 29.8 Å². The molecule has 1 fully saturated rings. The van der Waals surface area contributed by atoms with Crippen molar-refractivity contribution < 1.29 is 18.3 Å². The molecule has 0 spiro atoms. The summed E-state index contributed by atoms with van der Waals surface area (Å²) in [4.78, 5) is 25.1. The predicted octanol–water partition coefficient (Wildman–Crippen LogP) is 3.14. The van der Waals surface area contributed by atoms with Crippen molar-refractivity contribution >= 4 is 5.91 Å². The lowest BCUT2D eigenvalue weighted by atomic mass is 10.0. The molecule has 0 unspecified atom stereocenters. The van der Waals surface area contributed by atoms with E-state index in [9.17, 15) is 13.6 Å². The lowest BCUT2D eigenvalue weighted by Crippen LogP contribution is -2.44. The molecule has 2 aliphatic rings. The van der Waals surface area contributed by atoms with Crippen molar-refractivity contribution in [2.75, 3.05) is 20.1 Å². The minimum Gasteiger partial charge on any atom is -0.486 e. The molecule has 1 aromatic heterocycles. The first-order valence-corrected chi connectivity index (χ1v) is 9.99. The van der Waals surface area contributed by atoms with E-state index in [0.717, 1.165) is 11.6 Å². The number of fused-ring (bicyclic) bond motifs is 2. The van der Waals surface area contributed by atoms with E-state index in [1.54, 1.807) is 42.5 Å². The van der Waals surface area contributed by atoms with Crippen molar-refractivity contribution in [1.82, 2.24) is 19.8 Å². The molecule has 1 saturated heterocycles. The fourth-order valence-corrected chi connectivity index (χ4v) is 4.31. The van der Waals surface area contributed by atoms with Crippen molar-refractivity contribution in [2.45, 2.75) is 18.7 Å². The molecule has 0 aliphatic carbocycles. The molecule has 0 bridgehead atoms. The summed E-state index contributed by atoms with van der Waals surface area (Å²) in [7, 11) is 1.78. The Balaban J connectivity index is 1.44. The van der Waals surface area contributed by atoms with Gasteiger partial charge in [-0.25, -0.2) is 18.7 Å². The molecule has 2 atom stereocenters. The van der Waals surface area contributed by atoms with Gasteiger partial charge in [0.25, 0.3) is 5.91 Å². The van der Waals surface area contributed by atoms with Gasteiger partial charge in [0.2, 0.25) is 0 Å². The first-order chi connectivity index (χ1) is 15.0. The third-order valence-corrected chi connectivity index (χ3v) is 5.88. The molecule has 8 heteroatoms. The Morgan fingerprint density at radius 3 is 2.61 bits per heavy atom. The fraction of sp³-hybridized carbons (Fsp3) is 0.261. The van der Waals surface area contributed by atoms with Crippen LogP contribution in [0.4, 0.5) is 8.78 Å². The number of halogens is 2. The van der Waals surface area contributed by atoms with E-state index in [1.165, 1.54) is 18.5 Å². The number of carbonyl (C=O) groups is 1. The van der Waals surface area contributed by atoms with Crippen molar-refractivity contribution in [3.05, 3.63) is 77.9 Å². The van der Waals surface area contributed by atoms with Crippen LogP contribution >= 0.6 is 0 Å². The molecule has 3 heterocycles. The monoisotopic (exact) mass is 422 g/mol. The summed E-state index contributed by atoms with van der Waals surface area (Å²) >= 11 is 0. The molecule has 5 rings (SSSR count). The van der Waals surface area contributed by atoms with Crippen LogP contribution in [0.1, 0.15) is 15.9 Å². The Hall–Kier alpha value is -3.39. The van der Waals surface area contributed by atoms with Crippen LogP contribution in [-0.2, 0) is 6.54 Å². The standard InChI is InChI=1S/C23H20F2N4O2/c1-28-20-11-29(10-14-8-26-13-27-9-14)12-22(20)31-21-6-15(2-4-18(21)23(28)30)17-5-3-16(24)7-19(17)25/h2-9,13,20,22H,10-12H2,1H3/t20-,22+/m1/s1. The maximum absolute atomic E-state index is 14.3. The Morgan fingerprint density at radius 2 is 1.84 bits per heavy atom. The third-order valence-electron chi connectivity index (χ3n) is 5.88. The number of benzene rings is 2. The summed E-state index contributed by atoms with van der Waals surface area (Å²) < 4.78 is 33.9. The molecule has 3 aromatic rings. The van der Waals surface area contributed by atoms with Crippen LogP contribution in [0.5, 0.6) is 5.75 Å². The van der Waals surface area contributed by atoms with E-state index < -0.39 is 11.6 Å². The SMILES string of the molecule is CN1C(=O)c2ccc(-c3ccc(F)cc3F)cc2O[C@H]2CN(Cc3cncnc3)C[C@H]21. The second-order valence-corrected chi connectivity index (χ2v) is 7.92. The second kappa shape index (κ2) is 7.70. The fourth-order valence-electron chi connectivity index (χ4n) is 4.31. The van der Waals surface area contributed by atoms with Gasteiger partial charge in [-0.05, 0) is 29.8 Å². The maximum atomic E-state index is 14.3. The average Bonchev–Trinajstić information content (AvgIpc) is 3.11. The zero-order valence-corrected chi connectivity index (χ0v) is 16.8. The number of likely N-dealkylation sites (tertiary alicyclic amines) is 1. The van der Waals surface area contributed by atoms with Gasteiger partial charge < -0.3 is 9.64 Å². The molecule has 0 radical (unpaired) electrons. The Bertz CT molecular complexity index is 1140. The second-order valence-electron chi connectivity index (χ2n) is 7.92. The third kappa shape index (κ3) is 3.63. The minimum atomic E-state index is -0.660. The van der Waals surface area contributed by atoms with E-state index in [0.29, 0.717) is 36.5 Å².